The standard InChI is InChI=1S/C15H21F3N2/c1-11-4-2-3-5-13(11)9-20-8-12(6-14(19)10-20)7-15(16,17)18/h2-5,12,14H,6-10,19H2,1H3. The second-order valence-corrected chi connectivity index (χ2v) is 5.80. The van der Waals surface area contributed by atoms with E-state index >= 15 is 0 Å². The van der Waals surface area contributed by atoms with Crippen molar-refractivity contribution in [3.63, 3.8) is 0 Å². The van der Waals surface area contributed by atoms with Gasteiger partial charge in [0.25, 0.3) is 0 Å². The highest BCUT2D eigenvalue weighted by Crippen LogP contribution is 2.30. The summed E-state index contributed by atoms with van der Waals surface area (Å²) in [6.45, 7) is 3.84. The van der Waals surface area contributed by atoms with Crippen LogP contribution in [0.3, 0.4) is 0 Å². The van der Waals surface area contributed by atoms with Crippen LogP contribution in [0.2, 0.25) is 0 Å². The molecule has 1 heterocycles. The van der Waals surface area contributed by atoms with Gasteiger partial charge in [0.15, 0.2) is 0 Å². The third-order valence-corrected chi connectivity index (χ3v) is 3.82. The SMILES string of the molecule is Cc1ccccc1CN1CC(N)CC(CC(F)(F)F)C1. The Balaban J connectivity index is 1.99. The summed E-state index contributed by atoms with van der Waals surface area (Å²) in [6, 6.07) is 7.80. The molecule has 5 heteroatoms. The van der Waals surface area contributed by atoms with Crippen molar-refractivity contribution in [2.24, 2.45) is 11.7 Å². The van der Waals surface area contributed by atoms with E-state index in [1.165, 1.54) is 5.56 Å². The number of nitrogens with zero attached hydrogens (tertiary/aromatic N) is 1. The highest BCUT2D eigenvalue weighted by Gasteiger charge is 2.35. The zero-order valence-corrected chi connectivity index (χ0v) is 11.7. The van der Waals surface area contributed by atoms with Gasteiger partial charge < -0.3 is 5.73 Å². The average Bonchev–Trinajstić information content (AvgIpc) is 2.29. The van der Waals surface area contributed by atoms with E-state index in [1.807, 2.05) is 36.1 Å². The normalized spacial score (nSPS) is 24.9. The van der Waals surface area contributed by atoms with E-state index in [0.29, 0.717) is 26.1 Å². The van der Waals surface area contributed by atoms with Gasteiger partial charge in [0.2, 0.25) is 0 Å². The molecule has 2 N–H and O–H groups in total. The van der Waals surface area contributed by atoms with E-state index in [2.05, 4.69) is 0 Å². The van der Waals surface area contributed by atoms with Crippen LogP contribution in [-0.2, 0) is 6.54 Å². The molecule has 2 atom stereocenters. The molecule has 20 heavy (non-hydrogen) atoms. The molecule has 1 saturated heterocycles. The smallest absolute Gasteiger partial charge is 0.327 e. The average molecular weight is 286 g/mol. The van der Waals surface area contributed by atoms with Gasteiger partial charge >= 0.3 is 6.18 Å². The molecule has 0 amide bonds. The molecule has 0 saturated carbocycles. The van der Waals surface area contributed by atoms with Gasteiger partial charge in [0, 0.05) is 32.1 Å². The van der Waals surface area contributed by atoms with Gasteiger partial charge in [-0.2, -0.15) is 13.2 Å². The predicted octanol–water partition coefficient (Wildman–Crippen LogP) is 3.10. The van der Waals surface area contributed by atoms with E-state index in [1.54, 1.807) is 0 Å². The molecule has 0 aliphatic carbocycles. The summed E-state index contributed by atoms with van der Waals surface area (Å²) < 4.78 is 37.6. The number of hydrogen-bond donors (Lipinski definition) is 1. The molecular weight excluding hydrogens is 265 g/mol. The fraction of sp³-hybridized carbons (Fsp3) is 0.600. The van der Waals surface area contributed by atoms with Crippen LogP contribution >= 0.6 is 0 Å². The molecule has 1 fully saturated rings. The molecule has 0 bridgehead atoms. The molecule has 1 aromatic rings. The van der Waals surface area contributed by atoms with Crippen LogP contribution in [0.1, 0.15) is 24.0 Å². The summed E-state index contributed by atoms with van der Waals surface area (Å²) >= 11 is 0. The number of hydrogen-bond acceptors (Lipinski definition) is 2. The molecule has 2 nitrogen and oxygen atoms in total. The number of likely N-dealkylation sites (tertiary alicyclic amines) is 1. The molecule has 1 aliphatic rings. The van der Waals surface area contributed by atoms with Crippen LogP contribution < -0.4 is 5.73 Å². The minimum absolute atomic E-state index is 0.167. The van der Waals surface area contributed by atoms with Gasteiger partial charge in [-0.3, -0.25) is 4.90 Å². The largest absolute Gasteiger partial charge is 0.389 e. The number of halogens is 3. The lowest BCUT2D eigenvalue weighted by Gasteiger charge is -2.36. The summed E-state index contributed by atoms with van der Waals surface area (Å²) in [6.07, 6.45) is -4.37. The third-order valence-electron chi connectivity index (χ3n) is 3.82. The Morgan fingerprint density at radius 1 is 1.25 bits per heavy atom. The molecule has 0 radical (unpaired) electrons. The van der Waals surface area contributed by atoms with Gasteiger partial charge in [-0.25, -0.2) is 0 Å². The lowest BCUT2D eigenvalue weighted by atomic mass is 9.91. The number of rotatable bonds is 3. The second kappa shape index (κ2) is 6.14. The van der Waals surface area contributed by atoms with Gasteiger partial charge in [-0.1, -0.05) is 24.3 Å². The van der Waals surface area contributed by atoms with E-state index < -0.39 is 12.6 Å². The fourth-order valence-corrected chi connectivity index (χ4v) is 2.98. The fourth-order valence-electron chi connectivity index (χ4n) is 2.98. The summed E-state index contributed by atoms with van der Waals surface area (Å²) in [5.74, 6) is -0.386. The minimum atomic E-state index is -4.10. The molecule has 2 rings (SSSR count). The number of nitrogens with two attached hydrogens (primary N) is 1. The zero-order chi connectivity index (χ0) is 14.8. The van der Waals surface area contributed by atoms with Crippen molar-refractivity contribution in [3.8, 4) is 0 Å². The monoisotopic (exact) mass is 286 g/mol. The molecule has 2 unspecified atom stereocenters. The minimum Gasteiger partial charge on any atom is -0.327 e. The van der Waals surface area contributed by atoms with Crippen LogP contribution in [0, 0.1) is 12.8 Å². The molecule has 0 aromatic heterocycles. The number of alkyl halides is 3. The zero-order valence-electron chi connectivity index (χ0n) is 11.7. The van der Waals surface area contributed by atoms with Gasteiger partial charge in [-0.15, -0.1) is 0 Å². The maximum absolute atomic E-state index is 12.5. The Labute approximate surface area is 117 Å². The summed E-state index contributed by atoms with van der Waals surface area (Å²) in [5.41, 5.74) is 8.24. The van der Waals surface area contributed by atoms with Gasteiger partial charge in [0.05, 0.1) is 0 Å². The summed E-state index contributed by atoms with van der Waals surface area (Å²) in [5, 5.41) is 0. The van der Waals surface area contributed by atoms with Crippen molar-refractivity contribution in [2.75, 3.05) is 13.1 Å². The lowest BCUT2D eigenvalue weighted by molar-refractivity contribution is -0.148. The first kappa shape index (κ1) is 15.3. The topological polar surface area (TPSA) is 29.3 Å². The first-order valence-corrected chi connectivity index (χ1v) is 6.92. The predicted molar refractivity (Wildman–Crippen MR) is 73.2 cm³/mol. The molecule has 0 spiro atoms. The van der Waals surface area contributed by atoms with Crippen molar-refractivity contribution in [1.29, 1.82) is 0 Å². The summed E-state index contributed by atoms with van der Waals surface area (Å²) in [7, 11) is 0. The maximum atomic E-state index is 12.5. The molecule has 1 aliphatic heterocycles. The molecule has 1 aromatic carbocycles. The second-order valence-electron chi connectivity index (χ2n) is 5.80. The molecular formula is C15H21F3N2. The quantitative estimate of drug-likeness (QED) is 0.925. The first-order valence-electron chi connectivity index (χ1n) is 6.92. The Bertz CT molecular complexity index is 445. The van der Waals surface area contributed by atoms with Crippen LogP contribution in [0.4, 0.5) is 13.2 Å². The lowest BCUT2D eigenvalue weighted by Crippen LogP contribution is -2.47. The third kappa shape index (κ3) is 4.49. The number of piperidine rings is 1. The van der Waals surface area contributed by atoms with E-state index in [9.17, 15) is 13.2 Å². The van der Waals surface area contributed by atoms with Crippen LogP contribution in [-0.4, -0.2) is 30.2 Å². The Morgan fingerprint density at radius 2 is 1.95 bits per heavy atom. The first-order chi connectivity index (χ1) is 9.33. The van der Waals surface area contributed by atoms with Crippen molar-refractivity contribution >= 4 is 0 Å². The van der Waals surface area contributed by atoms with Gasteiger partial charge in [-0.05, 0) is 30.4 Å². The maximum Gasteiger partial charge on any atom is 0.389 e. The van der Waals surface area contributed by atoms with Crippen molar-refractivity contribution in [2.45, 2.75) is 38.5 Å². The van der Waals surface area contributed by atoms with Crippen LogP contribution in [0.25, 0.3) is 0 Å². The Kier molecular flexibility index (Phi) is 4.70. The van der Waals surface area contributed by atoms with E-state index in [0.717, 1.165) is 5.56 Å². The molecule has 112 valence electrons. The van der Waals surface area contributed by atoms with Gasteiger partial charge in [0.1, 0.15) is 0 Å². The van der Waals surface area contributed by atoms with Crippen LogP contribution in [0.15, 0.2) is 24.3 Å². The van der Waals surface area contributed by atoms with E-state index in [-0.39, 0.29) is 12.0 Å². The number of aryl methyl sites for hydroxylation is 1. The van der Waals surface area contributed by atoms with Crippen molar-refractivity contribution in [1.82, 2.24) is 4.90 Å². The number of benzene rings is 1. The summed E-state index contributed by atoms with van der Waals surface area (Å²) in [4.78, 5) is 2.05. The highest BCUT2D eigenvalue weighted by atomic mass is 19.4. The Morgan fingerprint density at radius 3 is 2.60 bits per heavy atom. The van der Waals surface area contributed by atoms with Crippen LogP contribution in [0.5, 0.6) is 0 Å². The van der Waals surface area contributed by atoms with Crippen molar-refractivity contribution in [3.05, 3.63) is 35.4 Å². The van der Waals surface area contributed by atoms with E-state index in [4.69, 9.17) is 5.73 Å². The van der Waals surface area contributed by atoms with Crippen molar-refractivity contribution < 1.29 is 13.2 Å². The Hall–Kier alpha value is -1.07. The highest BCUT2D eigenvalue weighted by molar-refractivity contribution is 5.25.